The number of nitrogens with one attached hydrogen (secondary N) is 2. The lowest BCUT2D eigenvalue weighted by molar-refractivity contribution is 0.942. The molecule has 0 aliphatic carbocycles. The fourth-order valence-electron chi connectivity index (χ4n) is 3.43. The fourth-order valence-corrected chi connectivity index (χ4v) is 3.43. The quantitative estimate of drug-likeness (QED) is 0.477. The number of nitrogens with zero attached hydrogens (tertiary/aromatic N) is 6. The zero-order chi connectivity index (χ0) is 20.5. The second kappa shape index (κ2) is 7.32. The molecule has 0 saturated heterocycles. The van der Waals surface area contributed by atoms with Gasteiger partial charge >= 0.3 is 0 Å². The Morgan fingerprint density at radius 1 is 0.533 bits per heavy atom. The maximum atomic E-state index is 4.86. The largest absolute Gasteiger partial charge is 0.249 e. The van der Waals surface area contributed by atoms with E-state index in [9.17, 15) is 0 Å². The molecule has 2 N–H and O–H groups in total. The number of aromatic amines is 2. The first-order valence-corrected chi connectivity index (χ1v) is 9.47. The highest BCUT2D eigenvalue weighted by atomic mass is 15.3. The van der Waals surface area contributed by atoms with E-state index in [1.165, 1.54) is 0 Å². The lowest BCUT2D eigenvalue weighted by Crippen LogP contribution is -1.99. The Kier molecular flexibility index (Phi) is 4.36. The van der Waals surface area contributed by atoms with Gasteiger partial charge < -0.3 is 0 Å². The van der Waals surface area contributed by atoms with Crippen LogP contribution in [0.3, 0.4) is 0 Å². The van der Waals surface area contributed by atoms with Crippen LogP contribution in [0.4, 0.5) is 0 Å². The van der Waals surface area contributed by atoms with E-state index >= 15 is 0 Å². The Morgan fingerprint density at radius 2 is 0.900 bits per heavy atom. The Bertz CT molecular complexity index is 1170. The van der Waals surface area contributed by atoms with Crippen LogP contribution in [0.25, 0.3) is 45.0 Å². The Morgan fingerprint density at radius 3 is 1.23 bits per heavy atom. The molecule has 0 bridgehead atoms. The minimum Gasteiger partial charge on any atom is -0.249 e. The van der Waals surface area contributed by atoms with Crippen molar-refractivity contribution in [3.8, 4) is 45.0 Å². The molecule has 0 aliphatic rings. The first-order chi connectivity index (χ1) is 14.7. The highest BCUT2D eigenvalue weighted by Gasteiger charge is 2.13. The number of aromatic nitrogens is 8. The number of hydrogen-bond donors (Lipinski definition) is 2. The van der Waals surface area contributed by atoms with Crippen LogP contribution in [0, 0.1) is 13.8 Å². The summed E-state index contributed by atoms with van der Waals surface area (Å²) in [6, 6.07) is 16.2. The zero-order valence-electron chi connectivity index (χ0n) is 16.5. The monoisotopic (exact) mass is 394 g/mol. The summed E-state index contributed by atoms with van der Waals surface area (Å²) in [7, 11) is 0. The molecule has 146 valence electrons. The molecule has 3 heterocycles. The molecule has 5 aromatic rings. The van der Waals surface area contributed by atoms with Crippen molar-refractivity contribution in [1.29, 1.82) is 0 Å². The van der Waals surface area contributed by atoms with E-state index in [0.29, 0.717) is 0 Å². The van der Waals surface area contributed by atoms with Gasteiger partial charge in [0.1, 0.15) is 11.4 Å². The van der Waals surface area contributed by atoms with E-state index in [2.05, 4.69) is 30.8 Å². The van der Waals surface area contributed by atoms with E-state index in [1.807, 2.05) is 62.4 Å². The third-order valence-electron chi connectivity index (χ3n) is 4.98. The van der Waals surface area contributed by atoms with Crippen LogP contribution in [-0.2, 0) is 0 Å². The number of H-pyrrole nitrogens is 2. The summed E-state index contributed by atoms with van der Waals surface area (Å²) in [5.74, 6) is 0. The molecular formula is C22H18N8. The van der Waals surface area contributed by atoms with Gasteiger partial charge in [-0.15, -0.1) is 0 Å². The maximum Gasteiger partial charge on any atom is 0.112 e. The van der Waals surface area contributed by atoms with Crippen LogP contribution < -0.4 is 0 Å². The fraction of sp³-hybridized carbons (Fsp3) is 0.0909. The van der Waals surface area contributed by atoms with Crippen molar-refractivity contribution in [3.05, 3.63) is 72.3 Å². The SMILES string of the molecule is Cc1nc(-c2ccc(-c3cn[nH]n3)cc2)c(C)nc1-c1ccc(-c2cn[nH]n2)cc1. The first kappa shape index (κ1) is 17.9. The van der Waals surface area contributed by atoms with Gasteiger partial charge in [-0.3, -0.25) is 0 Å². The van der Waals surface area contributed by atoms with E-state index < -0.39 is 0 Å². The van der Waals surface area contributed by atoms with Crippen molar-refractivity contribution in [1.82, 2.24) is 40.8 Å². The minimum absolute atomic E-state index is 0.810. The smallest absolute Gasteiger partial charge is 0.112 e. The predicted molar refractivity (Wildman–Crippen MR) is 113 cm³/mol. The number of hydrogen-bond acceptors (Lipinski definition) is 6. The molecule has 0 atom stereocenters. The molecule has 0 unspecified atom stereocenters. The van der Waals surface area contributed by atoms with Gasteiger partial charge in [-0.1, -0.05) is 48.5 Å². The molecule has 30 heavy (non-hydrogen) atoms. The third-order valence-corrected chi connectivity index (χ3v) is 4.98. The summed E-state index contributed by atoms with van der Waals surface area (Å²) in [6.07, 6.45) is 3.40. The molecule has 0 fully saturated rings. The maximum absolute atomic E-state index is 4.86. The van der Waals surface area contributed by atoms with Crippen LogP contribution in [-0.4, -0.2) is 40.8 Å². The summed E-state index contributed by atoms with van der Waals surface area (Å²) < 4.78 is 0. The Labute approximate surface area is 172 Å². The van der Waals surface area contributed by atoms with Crippen molar-refractivity contribution in [2.75, 3.05) is 0 Å². The lowest BCUT2D eigenvalue weighted by atomic mass is 10.0. The summed E-state index contributed by atoms with van der Waals surface area (Å²) in [5.41, 5.74) is 9.17. The van der Waals surface area contributed by atoms with Crippen molar-refractivity contribution >= 4 is 0 Å². The normalized spacial score (nSPS) is 11.0. The van der Waals surface area contributed by atoms with Crippen molar-refractivity contribution in [2.45, 2.75) is 13.8 Å². The molecule has 0 amide bonds. The van der Waals surface area contributed by atoms with Crippen LogP contribution in [0.15, 0.2) is 60.9 Å². The Hall–Kier alpha value is -4.20. The van der Waals surface area contributed by atoms with Crippen molar-refractivity contribution < 1.29 is 0 Å². The van der Waals surface area contributed by atoms with Gasteiger partial charge in [-0.05, 0) is 13.8 Å². The number of rotatable bonds is 4. The molecule has 0 aliphatic heterocycles. The molecule has 3 aromatic heterocycles. The highest BCUT2D eigenvalue weighted by Crippen LogP contribution is 2.29. The van der Waals surface area contributed by atoms with Gasteiger partial charge in [0, 0.05) is 22.3 Å². The topological polar surface area (TPSA) is 109 Å². The van der Waals surface area contributed by atoms with Gasteiger partial charge in [-0.2, -0.15) is 30.8 Å². The molecule has 2 aromatic carbocycles. The Balaban J connectivity index is 1.46. The second-order valence-electron chi connectivity index (χ2n) is 6.96. The van der Waals surface area contributed by atoms with Crippen molar-refractivity contribution in [3.63, 3.8) is 0 Å². The molecule has 5 rings (SSSR count). The van der Waals surface area contributed by atoms with E-state index in [-0.39, 0.29) is 0 Å². The average molecular weight is 394 g/mol. The van der Waals surface area contributed by atoms with Crippen LogP contribution in [0.5, 0.6) is 0 Å². The molecule has 8 nitrogen and oxygen atoms in total. The van der Waals surface area contributed by atoms with Crippen molar-refractivity contribution in [2.24, 2.45) is 0 Å². The zero-order valence-corrected chi connectivity index (χ0v) is 16.5. The highest BCUT2D eigenvalue weighted by molar-refractivity contribution is 5.71. The minimum atomic E-state index is 0.810. The standard InChI is InChI=1S/C22H18N8/c1-13-21(17-7-3-15(4-8-17)19-11-23-29-27-19)26-14(2)22(25-13)18-9-5-16(6-10-18)20-12-24-30-28-20/h3-12H,1-2H3,(H,23,27,29)(H,24,28,30). The van der Waals surface area contributed by atoms with Crippen LogP contribution in [0.1, 0.15) is 11.4 Å². The van der Waals surface area contributed by atoms with Crippen LogP contribution >= 0.6 is 0 Å². The van der Waals surface area contributed by atoms with Gasteiger partial charge in [0.15, 0.2) is 0 Å². The predicted octanol–water partition coefficient (Wildman–Crippen LogP) is 4.00. The molecule has 0 spiro atoms. The molecule has 0 radical (unpaired) electrons. The summed E-state index contributed by atoms with van der Waals surface area (Å²) >= 11 is 0. The third kappa shape index (κ3) is 3.24. The van der Waals surface area contributed by atoms with Gasteiger partial charge in [-0.25, -0.2) is 9.97 Å². The lowest BCUT2D eigenvalue weighted by Gasteiger charge is -2.11. The van der Waals surface area contributed by atoms with Gasteiger partial charge in [0.2, 0.25) is 0 Å². The van der Waals surface area contributed by atoms with Crippen LogP contribution in [0.2, 0.25) is 0 Å². The summed E-state index contributed by atoms with van der Waals surface area (Å²) in [4.78, 5) is 9.72. The van der Waals surface area contributed by atoms with E-state index in [4.69, 9.17) is 9.97 Å². The summed E-state index contributed by atoms with van der Waals surface area (Å²) in [6.45, 7) is 3.97. The first-order valence-electron chi connectivity index (χ1n) is 9.47. The molecular weight excluding hydrogens is 376 g/mol. The molecule has 8 heteroatoms. The number of aryl methyl sites for hydroxylation is 2. The van der Waals surface area contributed by atoms with Gasteiger partial charge in [0.05, 0.1) is 35.2 Å². The molecule has 0 saturated carbocycles. The second-order valence-corrected chi connectivity index (χ2v) is 6.96. The van der Waals surface area contributed by atoms with Gasteiger partial charge in [0.25, 0.3) is 0 Å². The summed E-state index contributed by atoms with van der Waals surface area (Å²) in [5, 5.41) is 21.2. The average Bonchev–Trinajstić information content (AvgIpc) is 3.50. The van der Waals surface area contributed by atoms with E-state index in [1.54, 1.807) is 12.4 Å². The van der Waals surface area contributed by atoms with E-state index in [0.717, 1.165) is 56.4 Å². The number of benzene rings is 2.